The third-order valence-corrected chi connectivity index (χ3v) is 6.98. The first-order valence-corrected chi connectivity index (χ1v) is 12.7. The van der Waals surface area contributed by atoms with E-state index in [1.807, 2.05) is 27.7 Å². The van der Waals surface area contributed by atoms with Crippen LogP contribution in [0.4, 0.5) is 0 Å². The van der Waals surface area contributed by atoms with E-state index in [4.69, 9.17) is 21.7 Å². The van der Waals surface area contributed by atoms with Crippen LogP contribution in [-0.2, 0) is 30.7 Å². The fourth-order valence-corrected chi connectivity index (χ4v) is 4.55. The number of hydrogen-bond acceptors (Lipinski definition) is 2. The minimum Gasteiger partial charge on any atom is -0.676 e. The molecule has 1 aliphatic carbocycles. The van der Waals surface area contributed by atoms with Crippen molar-refractivity contribution < 1.29 is 40.9 Å². The summed E-state index contributed by atoms with van der Waals surface area (Å²) in [4.78, 5) is 22.0. The van der Waals surface area contributed by atoms with Crippen molar-refractivity contribution in [1.82, 2.24) is 0 Å². The molecule has 0 unspecified atom stereocenters. The molecule has 1 rings (SSSR count). The van der Waals surface area contributed by atoms with Crippen LogP contribution < -0.4 is 0 Å². The Balaban J connectivity index is -0.000000410. The van der Waals surface area contributed by atoms with Crippen molar-refractivity contribution in [3.8, 4) is 0 Å². The fourth-order valence-electron chi connectivity index (χ4n) is 4.55. The number of hydrogen-bond donors (Lipinski definition) is 2. The van der Waals surface area contributed by atoms with Crippen molar-refractivity contribution >= 4 is 11.9 Å². The van der Waals surface area contributed by atoms with Gasteiger partial charge in [-0.2, -0.15) is 12.1 Å². The summed E-state index contributed by atoms with van der Waals surface area (Å²) in [6.45, 7) is 16.1. The average molecular weight is 652 g/mol. The average Bonchev–Trinajstić information content (AvgIpc) is 2.72. The molecule has 4 N–H and O–H groups in total. The summed E-state index contributed by atoms with van der Waals surface area (Å²) in [7, 11) is 0. The van der Waals surface area contributed by atoms with Gasteiger partial charge in [-0.3, -0.25) is 9.59 Å². The van der Waals surface area contributed by atoms with Gasteiger partial charge < -0.3 is 21.7 Å². The second-order valence-corrected chi connectivity index (χ2v) is 10.3. The number of carbonyl (C=O) groups is 2. The van der Waals surface area contributed by atoms with E-state index in [1.165, 1.54) is 12.8 Å². The molecule has 0 amide bonds. The molecule has 0 saturated heterocycles. The van der Waals surface area contributed by atoms with E-state index in [1.54, 1.807) is 0 Å². The Morgan fingerprint density at radius 3 is 1.06 bits per heavy atom. The van der Waals surface area contributed by atoms with Crippen LogP contribution in [0, 0.1) is 22.7 Å². The van der Waals surface area contributed by atoms with Gasteiger partial charge in [0.1, 0.15) is 0 Å². The number of carboxylic acid groups (broad SMARTS) is 2. The molecule has 0 radical (unpaired) electrons. The predicted octanol–water partition coefficient (Wildman–Crippen LogP) is 8.25. The fraction of sp³-hybridized carbons (Fsp3) is 0.923. The van der Waals surface area contributed by atoms with Crippen LogP contribution in [0.25, 0.3) is 11.5 Å². The van der Waals surface area contributed by atoms with E-state index in [0.29, 0.717) is 11.8 Å². The van der Waals surface area contributed by atoms with E-state index >= 15 is 0 Å². The van der Waals surface area contributed by atoms with Gasteiger partial charge in [-0.15, -0.1) is 0 Å². The summed E-state index contributed by atoms with van der Waals surface area (Å²) >= 11 is 0. The summed E-state index contributed by atoms with van der Waals surface area (Å²) in [5, 5.41) is 18.1. The molecule has 1 aliphatic rings. The minimum atomic E-state index is -0.638. The minimum absolute atomic E-state index is 0. The normalized spacial score (nSPS) is 18.4. The molecule has 0 aromatic rings. The van der Waals surface area contributed by atoms with Gasteiger partial charge in [0, 0.05) is 0 Å². The van der Waals surface area contributed by atoms with Gasteiger partial charge in [0.2, 0.25) is 0 Å². The quantitative estimate of drug-likeness (QED) is 0.247. The Bertz CT molecular complexity index is 472. The van der Waals surface area contributed by atoms with Crippen molar-refractivity contribution in [2.24, 2.45) is 22.7 Å². The Hall–Kier alpha value is -0.452. The number of carboxylic acids is 2. The van der Waals surface area contributed by atoms with Gasteiger partial charge in [0.05, 0.1) is 10.8 Å². The maximum Gasteiger partial charge on any atom is 2.00 e. The monoisotopic (exact) mass is 651 g/mol. The molecule has 1 saturated carbocycles. The molecule has 0 heterocycles. The van der Waals surface area contributed by atoms with Crippen LogP contribution in [0.1, 0.15) is 120 Å². The third-order valence-electron chi connectivity index (χ3n) is 6.98. The second-order valence-electron chi connectivity index (χ2n) is 10.3. The van der Waals surface area contributed by atoms with Crippen molar-refractivity contribution in [3.05, 3.63) is 11.5 Å². The molecular formula is C26H52N2O4Pt. The summed E-state index contributed by atoms with van der Waals surface area (Å²) in [5.41, 5.74) is 13.6. The van der Waals surface area contributed by atoms with Crippen LogP contribution in [0.5, 0.6) is 0 Å². The molecule has 6 nitrogen and oxygen atoms in total. The molecule has 200 valence electrons. The predicted molar refractivity (Wildman–Crippen MR) is 135 cm³/mol. The first-order valence-electron chi connectivity index (χ1n) is 12.7. The largest absolute Gasteiger partial charge is 2.00 e. The van der Waals surface area contributed by atoms with Gasteiger partial charge in [0.25, 0.3) is 0 Å². The Morgan fingerprint density at radius 1 is 0.727 bits per heavy atom. The SMILES string of the molecule is CCC(CC)(CC(C)C)C(=O)O.CCC(CC)(CC(C)C)C(=O)O.[NH-][C@@H]1CCCC[C@H]1[NH-].[Pt+2]. The zero-order chi connectivity index (χ0) is 25.5. The summed E-state index contributed by atoms with van der Waals surface area (Å²) in [6.07, 6.45) is 8.75. The van der Waals surface area contributed by atoms with Crippen molar-refractivity contribution in [2.45, 2.75) is 132 Å². The van der Waals surface area contributed by atoms with E-state index < -0.39 is 22.8 Å². The summed E-state index contributed by atoms with van der Waals surface area (Å²) < 4.78 is 0. The third kappa shape index (κ3) is 13.9. The molecule has 0 aliphatic heterocycles. The number of aliphatic carboxylic acids is 2. The van der Waals surface area contributed by atoms with E-state index in [2.05, 4.69) is 27.7 Å². The van der Waals surface area contributed by atoms with Crippen LogP contribution in [-0.4, -0.2) is 34.2 Å². The maximum atomic E-state index is 11.0. The van der Waals surface area contributed by atoms with Crippen LogP contribution in [0.2, 0.25) is 0 Å². The van der Waals surface area contributed by atoms with Crippen molar-refractivity contribution in [3.63, 3.8) is 0 Å². The number of nitrogens with one attached hydrogen (secondary N) is 2. The molecule has 1 fully saturated rings. The first kappa shape index (κ1) is 37.1. The van der Waals surface area contributed by atoms with Crippen molar-refractivity contribution in [2.75, 3.05) is 0 Å². The molecule has 0 aromatic carbocycles. The maximum absolute atomic E-state index is 11.0. The van der Waals surface area contributed by atoms with Gasteiger partial charge in [-0.25, -0.2) is 0 Å². The van der Waals surface area contributed by atoms with Gasteiger partial charge in [0.15, 0.2) is 0 Å². The molecule has 33 heavy (non-hydrogen) atoms. The zero-order valence-corrected chi connectivity index (χ0v) is 24.7. The molecule has 0 aromatic heterocycles. The molecule has 7 heteroatoms. The Morgan fingerprint density at radius 2 is 0.970 bits per heavy atom. The van der Waals surface area contributed by atoms with E-state index in [0.717, 1.165) is 51.4 Å². The second kappa shape index (κ2) is 18.8. The van der Waals surface area contributed by atoms with Gasteiger partial charge in [-0.05, 0) is 50.4 Å². The van der Waals surface area contributed by atoms with Gasteiger partial charge >= 0.3 is 33.0 Å². The first-order chi connectivity index (χ1) is 14.8. The smallest absolute Gasteiger partial charge is 0.676 e. The Labute approximate surface area is 218 Å². The van der Waals surface area contributed by atoms with Crippen LogP contribution in [0.15, 0.2) is 0 Å². The number of rotatable bonds is 10. The zero-order valence-electron chi connectivity index (χ0n) is 22.4. The molecule has 0 spiro atoms. The van der Waals surface area contributed by atoms with E-state index in [-0.39, 0.29) is 33.1 Å². The Kier molecular flexibility index (Phi) is 21.2. The summed E-state index contributed by atoms with van der Waals surface area (Å²) in [5.74, 6) is -0.357. The van der Waals surface area contributed by atoms with Crippen LogP contribution in [0.3, 0.4) is 0 Å². The summed E-state index contributed by atoms with van der Waals surface area (Å²) in [6, 6.07) is -0.160. The molecule has 0 bridgehead atoms. The molecule has 2 atom stereocenters. The standard InChI is InChI=1S/2C10H20O2.C6H12N2.Pt/c2*1-5-10(6-2,9(11)12)7-8(3)4;7-5-3-1-2-4-6(5)8;/h2*8H,5-7H2,1-4H3,(H,11,12);5-8H,1-4H2;/q;;-2;+2/t;;5-,6-;/m..1./s1. The van der Waals surface area contributed by atoms with Crippen LogP contribution >= 0.6 is 0 Å². The molecular weight excluding hydrogens is 599 g/mol. The van der Waals surface area contributed by atoms with Crippen molar-refractivity contribution in [1.29, 1.82) is 0 Å². The topological polar surface area (TPSA) is 122 Å². The van der Waals surface area contributed by atoms with E-state index in [9.17, 15) is 9.59 Å². The van der Waals surface area contributed by atoms with Gasteiger partial charge in [-0.1, -0.05) is 81.1 Å².